The summed E-state index contributed by atoms with van der Waals surface area (Å²) in [7, 11) is 0. The van der Waals surface area contributed by atoms with Crippen LogP contribution in [0.1, 0.15) is 30.1 Å². The summed E-state index contributed by atoms with van der Waals surface area (Å²) in [5.41, 5.74) is 4.01. The smallest absolute Gasteiger partial charge is 0.139 e. The van der Waals surface area contributed by atoms with Gasteiger partial charge in [-0.25, -0.2) is 19.3 Å². The van der Waals surface area contributed by atoms with Gasteiger partial charge in [-0.05, 0) is 37.5 Å². The molecule has 1 N–H and O–H groups in total. The Kier molecular flexibility index (Phi) is 4.17. The molecule has 128 valence electrons. The number of aryl methyl sites for hydroxylation is 1. The molecule has 3 aromatic rings. The molecule has 1 fully saturated rings. The molecule has 1 aliphatic rings. The van der Waals surface area contributed by atoms with Crippen LogP contribution in [0.2, 0.25) is 0 Å². The molecular weight excluding hydrogens is 317 g/mol. The van der Waals surface area contributed by atoms with Crippen molar-refractivity contribution in [3.05, 3.63) is 60.3 Å². The third-order valence-corrected chi connectivity index (χ3v) is 4.88. The molecule has 0 radical (unpaired) electrons. The first-order chi connectivity index (χ1) is 12.2. The van der Waals surface area contributed by atoms with Gasteiger partial charge < -0.3 is 9.88 Å². The second-order valence-corrected chi connectivity index (χ2v) is 6.44. The number of anilines is 1. The van der Waals surface area contributed by atoms with E-state index in [1.807, 2.05) is 6.07 Å². The van der Waals surface area contributed by atoms with Crippen molar-refractivity contribution in [3.63, 3.8) is 0 Å². The van der Waals surface area contributed by atoms with Crippen LogP contribution in [0.3, 0.4) is 0 Å². The lowest BCUT2D eigenvalue weighted by Crippen LogP contribution is -2.34. The number of nitrogens with one attached hydrogen (secondary N) is 1. The van der Waals surface area contributed by atoms with Gasteiger partial charge in [0.05, 0.1) is 12.0 Å². The van der Waals surface area contributed by atoms with Gasteiger partial charge in [0.2, 0.25) is 0 Å². The Balaban J connectivity index is 1.57. The summed E-state index contributed by atoms with van der Waals surface area (Å²) in [4.78, 5) is 18.5. The molecule has 0 saturated carbocycles. The number of hydrogen-bond acceptors (Lipinski definition) is 4. The van der Waals surface area contributed by atoms with E-state index in [9.17, 15) is 4.39 Å². The van der Waals surface area contributed by atoms with E-state index in [1.165, 1.54) is 17.8 Å². The van der Waals surface area contributed by atoms with E-state index in [-0.39, 0.29) is 5.82 Å². The number of nitrogens with zero attached hydrogens (tertiary/aromatic N) is 4. The molecule has 1 aliphatic heterocycles. The van der Waals surface area contributed by atoms with Crippen LogP contribution in [0.4, 0.5) is 10.2 Å². The molecule has 0 unspecified atom stereocenters. The predicted molar refractivity (Wildman–Crippen MR) is 94.9 cm³/mol. The van der Waals surface area contributed by atoms with Crippen molar-refractivity contribution < 1.29 is 4.39 Å². The molecule has 0 spiro atoms. The van der Waals surface area contributed by atoms with E-state index < -0.39 is 0 Å². The minimum atomic E-state index is -0.250. The third kappa shape index (κ3) is 3.12. The highest BCUT2D eigenvalue weighted by molar-refractivity contribution is 5.75. The van der Waals surface area contributed by atoms with Crippen molar-refractivity contribution >= 4 is 5.82 Å². The Hall–Kier alpha value is -2.76. The molecule has 1 saturated heterocycles. The molecular formula is C19H20FN5. The number of benzene rings is 1. The number of hydrogen-bond donors (Lipinski definition) is 1. The predicted octanol–water partition coefficient (Wildman–Crippen LogP) is 3.70. The zero-order chi connectivity index (χ0) is 17.2. The monoisotopic (exact) mass is 337 g/mol. The van der Waals surface area contributed by atoms with Crippen molar-refractivity contribution in [2.24, 2.45) is 0 Å². The van der Waals surface area contributed by atoms with Gasteiger partial charge in [-0.2, -0.15) is 0 Å². The van der Waals surface area contributed by atoms with Crippen LogP contribution in [-0.2, 0) is 0 Å². The lowest BCUT2D eigenvalue weighted by molar-refractivity contribution is 0.493. The van der Waals surface area contributed by atoms with Crippen molar-refractivity contribution in [1.29, 1.82) is 0 Å². The average Bonchev–Trinajstić information content (AvgIpc) is 3.08. The number of H-pyrrole nitrogens is 1. The molecule has 3 heterocycles. The fourth-order valence-corrected chi connectivity index (χ4v) is 3.58. The molecule has 5 nitrogen and oxygen atoms in total. The zero-order valence-electron chi connectivity index (χ0n) is 14.1. The summed E-state index contributed by atoms with van der Waals surface area (Å²) in [6.07, 6.45) is 7.14. The van der Waals surface area contributed by atoms with Gasteiger partial charge in [0.1, 0.15) is 18.0 Å². The lowest BCUT2D eigenvalue weighted by Gasteiger charge is -2.33. The maximum atomic E-state index is 13.6. The largest absolute Gasteiger partial charge is 0.356 e. The maximum Gasteiger partial charge on any atom is 0.139 e. The Morgan fingerprint density at radius 3 is 2.76 bits per heavy atom. The van der Waals surface area contributed by atoms with Gasteiger partial charge in [-0.15, -0.1) is 0 Å². The SMILES string of the molecule is Cc1[nH]cnc1C1CCN(c2ncncc2-c2cccc(F)c2)CC1. The highest BCUT2D eigenvalue weighted by Crippen LogP contribution is 2.34. The van der Waals surface area contributed by atoms with Crippen LogP contribution in [0.25, 0.3) is 11.1 Å². The van der Waals surface area contributed by atoms with E-state index in [0.717, 1.165) is 48.6 Å². The third-order valence-electron chi connectivity index (χ3n) is 4.88. The molecule has 4 rings (SSSR count). The second-order valence-electron chi connectivity index (χ2n) is 6.44. The number of rotatable bonds is 3. The van der Waals surface area contributed by atoms with Crippen LogP contribution in [-0.4, -0.2) is 33.0 Å². The zero-order valence-corrected chi connectivity index (χ0v) is 14.1. The molecule has 0 amide bonds. The van der Waals surface area contributed by atoms with Crippen molar-refractivity contribution in [2.75, 3.05) is 18.0 Å². The summed E-state index contributed by atoms with van der Waals surface area (Å²) >= 11 is 0. The van der Waals surface area contributed by atoms with Crippen LogP contribution in [0.15, 0.2) is 43.1 Å². The number of aromatic amines is 1. The number of aromatic nitrogens is 4. The second kappa shape index (κ2) is 6.63. The van der Waals surface area contributed by atoms with Gasteiger partial charge in [0.15, 0.2) is 0 Å². The van der Waals surface area contributed by atoms with Crippen molar-refractivity contribution in [2.45, 2.75) is 25.7 Å². The number of imidazole rings is 1. The van der Waals surface area contributed by atoms with Crippen molar-refractivity contribution in [1.82, 2.24) is 19.9 Å². The van der Waals surface area contributed by atoms with Crippen LogP contribution in [0, 0.1) is 12.7 Å². The highest BCUT2D eigenvalue weighted by Gasteiger charge is 2.25. The van der Waals surface area contributed by atoms with E-state index in [4.69, 9.17) is 0 Å². The normalized spacial score (nSPS) is 15.5. The summed E-state index contributed by atoms with van der Waals surface area (Å²) in [5, 5.41) is 0. The van der Waals surface area contributed by atoms with E-state index in [0.29, 0.717) is 5.92 Å². The number of halogens is 1. The molecule has 1 aromatic carbocycles. The standard InChI is InChI=1S/C19H20FN5/c1-13-18(23-12-22-13)14-5-7-25(8-6-14)19-17(10-21-11-24-19)15-3-2-4-16(20)9-15/h2-4,9-12,14H,5-8H2,1H3,(H,22,23). The minimum absolute atomic E-state index is 0.250. The first-order valence-corrected chi connectivity index (χ1v) is 8.53. The Bertz CT molecular complexity index is 868. The molecule has 0 atom stereocenters. The average molecular weight is 337 g/mol. The molecule has 25 heavy (non-hydrogen) atoms. The summed E-state index contributed by atoms with van der Waals surface area (Å²) < 4.78 is 13.6. The van der Waals surface area contributed by atoms with Gasteiger partial charge in [0.25, 0.3) is 0 Å². The number of piperidine rings is 1. The van der Waals surface area contributed by atoms with Crippen molar-refractivity contribution in [3.8, 4) is 11.1 Å². The summed E-state index contributed by atoms with van der Waals surface area (Å²) in [6, 6.07) is 6.59. The first-order valence-electron chi connectivity index (χ1n) is 8.53. The van der Waals surface area contributed by atoms with E-state index >= 15 is 0 Å². The van der Waals surface area contributed by atoms with Gasteiger partial charge in [0, 0.05) is 36.5 Å². The molecule has 6 heteroatoms. The van der Waals surface area contributed by atoms with Gasteiger partial charge >= 0.3 is 0 Å². The van der Waals surface area contributed by atoms with Crippen LogP contribution in [0.5, 0.6) is 0 Å². The molecule has 2 aromatic heterocycles. The quantitative estimate of drug-likeness (QED) is 0.792. The van der Waals surface area contributed by atoms with Crippen LogP contribution >= 0.6 is 0 Å². The summed E-state index contributed by atoms with van der Waals surface area (Å²) in [5.74, 6) is 1.10. The van der Waals surface area contributed by atoms with E-state index in [2.05, 4.69) is 31.8 Å². The van der Waals surface area contributed by atoms with E-state index in [1.54, 1.807) is 24.9 Å². The van der Waals surface area contributed by atoms with Crippen LogP contribution < -0.4 is 4.90 Å². The summed E-state index contributed by atoms with van der Waals surface area (Å²) in [6.45, 7) is 3.87. The first kappa shape index (κ1) is 15.7. The van der Waals surface area contributed by atoms with Gasteiger partial charge in [-0.1, -0.05) is 12.1 Å². The topological polar surface area (TPSA) is 57.7 Å². The fourth-order valence-electron chi connectivity index (χ4n) is 3.58. The molecule has 0 bridgehead atoms. The fraction of sp³-hybridized carbons (Fsp3) is 0.316. The minimum Gasteiger partial charge on any atom is -0.356 e. The Labute approximate surface area is 146 Å². The Morgan fingerprint density at radius 2 is 2.04 bits per heavy atom. The Morgan fingerprint density at radius 1 is 1.20 bits per heavy atom. The maximum absolute atomic E-state index is 13.6. The highest BCUT2D eigenvalue weighted by atomic mass is 19.1. The molecule has 0 aliphatic carbocycles. The lowest BCUT2D eigenvalue weighted by atomic mass is 9.92. The van der Waals surface area contributed by atoms with Gasteiger partial charge in [-0.3, -0.25) is 0 Å².